The lowest BCUT2D eigenvalue weighted by Crippen LogP contribution is -2.41. The van der Waals surface area contributed by atoms with Gasteiger partial charge >= 0.3 is 0 Å². The lowest BCUT2D eigenvalue weighted by Gasteiger charge is -2.31. The van der Waals surface area contributed by atoms with E-state index in [1.54, 1.807) is 31.1 Å². The van der Waals surface area contributed by atoms with E-state index in [4.69, 9.17) is 9.47 Å². The van der Waals surface area contributed by atoms with Crippen LogP contribution < -0.4 is 9.47 Å². The minimum atomic E-state index is -3.35. The minimum Gasteiger partial charge on any atom is -0.497 e. The maximum Gasteiger partial charge on any atom is 0.274 e. The second-order valence-corrected chi connectivity index (χ2v) is 10.6. The second kappa shape index (κ2) is 8.84. The molecule has 1 aliphatic rings. The summed E-state index contributed by atoms with van der Waals surface area (Å²) in [5, 5.41) is 0.616. The summed E-state index contributed by atoms with van der Waals surface area (Å²) in [4.78, 5) is 19.3. The molecule has 1 saturated heterocycles. The van der Waals surface area contributed by atoms with Crippen LogP contribution >= 0.6 is 11.3 Å². The molecule has 0 unspecified atom stereocenters. The minimum absolute atomic E-state index is 0.00588. The van der Waals surface area contributed by atoms with Crippen LogP contribution in [0.3, 0.4) is 0 Å². The Morgan fingerprint density at radius 2 is 1.97 bits per heavy atom. The zero-order chi connectivity index (χ0) is 22.0. The zero-order valence-electron chi connectivity index (χ0n) is 17.4. The highest BCUT2D eigenvalue weighted by Crippen LogP contribution is 2.32. The Morgan fingerprint density at radius 3 is 2.68 bits per heavy atom. The molecule has 0 N–H and O–H groups in total. The van der Waals surface area contributed by atoms with Gasteiger partial charge < -0.3 is 14.4 Å². The number of aromatic nitrogens is 1. The van der Waals surface area contributed by atoms with Gasteiger partial charge in [-0.3, -0.25) is 4.79 Å². The van der Waals surface area contributed by atoms with Crippen LogP contribution in [0.2, 0.25) is 0 Å². The molecule has 1 aromatic heterocycles. The van der Waals surface area contributed by atoms with Crippen molar-refractivity contribution in [3.63, 3.8) is 0 Å². The summed E-state index contributed by atoms with van der Waals surface area (Å²) in [5.74, 6) is 0.635. The molecule has 7 nitrogen and oxygen atoms in total. The number of amides is 1. The molecule has 0 radical (unpaired) electrons. The van der Waals surface area contributed by atoms with Crippen LogP contribution in [0.25, 0.3) is 10.2 Å². The van der Waals surface area contributed by atoms with Gasteiger partial charge in [-0.1, -0.05) is 24.3 Å². The van der Waals surface area contributed by atoms with Crippen LogP contribution in [-0.2, 0) is 9.84 Å². The third kappa shape index (κ3) is 4.67. The summed E-state index contributed by atoms with van der Waals surface area (Å²) >= 11 is 1.48. The van der Waals surface area contributed by atoms with Crippen molar-refractivity contribution < 1.29 is 22.7 Å². The first-order chi connectivity index (χ1) is 14.9. The maximum absolute atomic E-state index is 12.9. The largest absolute Gasteiger partial charge is 0.497 e. The number of hydrogen-bond donors (Lipinski definition) is 0. The van der Waals surface area contributed by atoms with Crippen molar-refractivity contribution in [3.8, 4) is 10.9 Å². The van der Waals surface area contributed by atoms with Gasteiger partial charge in [0.1, 0.15) is 11.9 Å². The lowest BCUT2D eigenvalue weighted by atomic mass is 10.1. The van der Waals surface area contributed by atoms with E-state index in [-0.39, 0.29) is 22.7 Å². The molecule has 1 aliphatic heterocycles. The molecule has 0 spiro atoms. The number of thiazole rings is 1. The smallest absolute Gasteiger partial charge is 0.274 e. The van der Waals surface area contributed by atoms with E-state index < -0.39 is 9.84 Å². The Labute approximate surface area is 185 Å². The third-order valence-corrected chi connectivity index (χ3v) is 8.03. The Morgan fingerprint density at radius 1 is 1.19 bits per heavy atom. The van der Waals surface area contributed by atoms with Crippen LogP contribution in [-0.4, -0.2) is 56.3 Å². The molecular formula is C22H24N2O5S2. The standard InChI is InChI=1S/C22H24N2O5S2/c1-3-31(26,27)18-6-4-5-15(13-18)21(25)24-11-9-16(10-12-24)29-22-23-19-8-7-17(28-2)14-20(19)30-22/h4-8,13-14,16H,3,9-12H2,1-2H3. The van der Waals surface area contributed by atoms with Crippen LogP contribution in [0.1, 0.15) is 30.1 Å². The van der Waals surface area contributed by atoms with Crippen LogP contribution in [0, 0.1) is 0 Å². The van der Waals surface area contributed by atoms with Gasteiger partial charge in [-0.25, -0.2) is 13.4 Å². The number of carbonyl (C=O) groups excluding carboxylic acids is 1. The fraction of sp³-hybridized carbons (Fsp3) is 0.364. The summed E-state index contributed by atoms with van der Waals surface area (Å²) in [5.41, 5.74) is 1.27. The van der Waals surface area contributed by atoms with Gasteiger partial charge in [0, 0.05) is 31.5 Å². The summed E-state index contributed by atoms with van der Waals surface area (Å²) in [6, 6.07) is 12.0. The highest BCUT2D eigenvalue weighted by Gasteiger charge is 2.26. The molecule has 3 aromatic rings. The Balaban J connectivity index is 1.38. The molecule has 31 heavy (non-hydrogen) atoms. The fourth-order valence-electron chi connectivity index (χ4n) is 3.55. The van der Waals surface area contributed by atoms with E-state index in [9.17, 15) is 13.2 Å². The van der Waals surface area contributed by atoms with Gasteiger partial charge in [0.25, 0.3) is 11.1 Å². The average molecular weight is 461 g/mol. The fourth-order valence-corrected chi connectivity index (χ4v) is 5.39. The predicted octanol–water partition coefficient (Wildman–Crippen LogP) is 3.78. The van der Waals surface area contributed by atoms with E-state index in [0.717, 1.165) is 16.0 Å². The third-order valence-electron chi connectivity index (χ3n) is 5.39. The van der Waals surface area contributed by atoms with Crippen molar-refractivity contribution in [2.45, 2.75) is 30.8 Å². The van der Waals surface area contributed by atoms with Crippen molar-refractivity contribution in [2.24, 2.45) is 0 Å². The number of ether oxygens (including phenoxy) is 2. The Bertz CT molecular complexity index is 1200. The number of likely N-dealkylation sites (tertiary alicyclic amines) is 1. The first-order valence-corrected chi connectivity index (χ1v) is 12.6. The van der Waals surface area contributed by atoms with E-state index in [0.29, 0.717) is 36.7 Å². The van der Waals surface area contributed by atoms with Gasteiger partial charge in [0.05, 0.1) is 28.0 Å². The number of sulfone groups is 1. The second-order valence-electron chi connectivity index (χ2n) is 7.35. The average Bonchev–Trinajstić information content (AvgIpc) is 3.20. The van der Waals surface area contributed by atoms with Crippen molar-refractivity contribution in [3.05, 3.63) is 48.0 Å². The van der Waals surface area contributed by atoms with Gasteiger partial charge in [-0.15, -0.1) is 0 Å². The van der Waals surface area contributed by atoms with Crippen molar-refractivity contribution in [1.29, 1.82) is 0 Å². The van der Waals surface area contributed by atoms with Crippen LogP contribution in [0.15, 0.2) is 47.4 Å². The quantitative estimate of drug-likeness (QED) is 0.556. The number of methoxy groups -OCH3 is 1. The summed E-state index contributed by atoms with van der Waals surface area (Å²) in [6.45, 7) is 2.69. The lowest BCUT2D eigenvalue weighted by molar-refractivity contribution is 0.0595. The molecule has 0 atom stereocenters. The molecule has 164 valence electrons. The van der Waals surface area contributed by atoms with Gasteiger partial charge in [0.2, 0.25) is 0 Å². The number of fused-ring (bicyclic) bond motifs is 1. The first kappa shape index (κ1) is 21.6. The molecule has 9 heteroatoms. The van der Waals surface area contributed by atoms with E-state index in [1.807, 2.05) is 18.2 Å². The number of hydrogen-bond acceptors (Lipinski definition) is 7. The van der Waals surface area contributed by atoms with Crippen LogP contribution in [0.5, 0.6) is 10.9 Å². The molecule has 0 saturated carbocycles. The SMILES string of the molecule is CCS(=O)(=O)c1cccc(C(=O)N2CCC(Oc3nc4ccc(OC)cc4s3)CC2)c1. The van der Waals surface area contributed by atoms with Crippen molar-refractivity contribution >= 4 is 37.3 Å². The normalized spacial score (nSPS) is 15.2. The number of nitrogens with zero attached hydrogens (tertiary/aromatic N) is 2. The monoisotopic (exact) mass is 460 g/mol. The molecule has 1 amide bonds. The molecular weight excluding hydrogens is 436 g/mol. The summed E-state index contributed by atoms with van der Waals surface area (Å²) < 4.78 is 36.6. The topological polar surface area (TPSA) is 85.8 Å². The number of benzene rings is 2. The molecule has 2 aromatic carbocycles. The summed E-state index contributed by atoms with van der Waals surface area (Å²) in [6.07, 6.45) is 1.37. The van der Waals surface area contributed by atoms with Gasteiger partial charge in [-0.05, 0) is 36.4 Å². The molecule has 2 heterocycles. The van der Waals surface area contributed by atoms with Crippen molar-refractivity contribution in [1.82, 2.24) is 9.88 Å². The number of carbonyl (C=O) groups is 1. The molecule has 0 bridgehead atoms. The van der Waals surface area contributed by atoms with E-state index in [1.165, 1.54) is 23.5 Å². The highest BCUT2D eigenvalue weighted by atomic mass is 32.2. The van der Waals surface area contributed by atoms with Gasteiger partial charge in [-0.2, -0.15) is 0 Å². The number of piperidine rings is 1. The molecule has 4 rings (SSSR count). The Hall–Kier alpha value is -2.65. The van der Waals surface area contributed by atoms with Crippen LogP contribution in [0.4, 0.5) is 0 Å². The van der Waals surface area contributed by atoms with E-state index >= 15 is 0 Å². The summed E-state index contributed by atoms with van der Waals surface area (Å²) in [7, 11) is -1.72. The predicted molar refractivity (Wildman–Crippen MR) is 120 cm³/mol. The zero-order valence-corrected chi connectivity index (χ0v) is 19.0. The molecule has 1 fully saturated rings. The molecule has 0 aliphatic carbocycles. The highest BCUT2D eigenvalue weighted by molar-refractivity contribution is 7.91. The first-order valence-electron chi connectivity index (χ1n) is 10.1. The van der Waals surface area contributed by atoms with Gasteiger partial charge in [0.15, 0.2) is 9.84 Å². The maximum atomic E-state index is 12.9. The van der Waals surface area contributed by atoms with E-state index in [2.05, 4.69) is 4.98 Å². The van der Waals surface area contributed by atoms with Crippen molar-refractivity contribution in [2.75, 3.05) is 26.0 Å². The number of rotatable bonds is 6. The Kier molecular flexibility index (Phi) is 6.15.